The number of halogens is 1. The third-order valence-corrected chi connectivity index (χ3v) is 3.51. The first-order chi connectivity index (χ1) is 11.0. The van der Waals surface area contributed by atoms with Crippen LogP contribution in [-0.2, 0) is 0 Å². The molecule has 2 aromatic rings. The smallest absolute Gasteiger partial charge is 0.255 e. The van der Waals surface area contributed by atoms with Crippen LogP contribution < -0.4 is 10.6 Å². The molecule has 0 radical (unpaired) electrons. The molecule has 0 unspecified atom stereocenters. The number of rotatable bonds is 5. The van der Waals surface area contributed by atoms with Crippen LogP contribution in [0.3, 0.4) is 0 Å². The molecule has 0 bridgehead atoms. The Morgan fingerprint density at radius 1 is 1.00 bits per heavy atom. The van der Waals surface area contributed by atoms with Crippen LogP contribution in [0.1, 0.15) is 34.6 Å². The van der Waals surface area contributed by atoms with Crippen LogP contribution in [0.2, 0.25) is 5.02 Å². The van der Waals surface area contributed by atoms with E-state index < -0.39 is 0 Å². The van der Waals surface area contributed by atoms with E-state index in [1.165, 1.54) is 0 Å². The zero-order valence-corrected chi connectivity index (χ0v) is 13.9. The number of para-hydroxylation sites is 1. The number of amides is 2. The molecule has 0 fully saturated rings. The van der Waals surface area contributed by atoms with Crippen molar-refractivity contribution in [2.24, 2.45) is 5.92 Å². The Morgan fingerprint density at radius 3 is 2.30 bits per heavy atom. The standard InChI is InChI=1S/C18H19ClN2O2/c1-12(2)11-20-17(22)13-6-5-7-14(10-13)18(23)21-16-9-4-3-8-15(16)19/h3-10,12H,11H2,1-2H3,(H,20,22)(H,21,23). The predicted octanol–water partition coefficient (Wildman–Crippen LogP) is 3.98. The minimum Gasteiger partial charge on any atom is -0.352 e. The summed E-state index contributed by atoms with van der Waals surface area (Å²) < 4.78 is 0. The molecular weight excluding hydrogens is 312 g/mol. The Kier molecular flexibility index (Phi) is 5.77. The van der Waals surface area contributed by atoms with E-state index in [9.17, 15) is 9.59 Å². The zero-order chi connectivity index (χ0) is 16.8. The SMILES string of the molecule is CC(C)CNC(=O)c1cccc(C(=O)Nc2ccccc2Cl)c1. The van der Waals surface area contributed by atoms with Crippen molar-refractivity contribution >= 4 is 29.1 Å². The predicted molar refractivity (Wildman–Crippen MR) is 93.0 cm³/mol. The van der Waals surface area contributed by atoms with E-state index in [-0.39, 0.29) is 11.8 Å². The molecule has 120 valence electrons. The molecule has 5 heteroatoms. The summed E-state index contributed by atoms with van der Waals surface area (Å²) in [6.07, 6.45) is 0. The Balaban J connectivity index is 2.11. The lowest BCUT2D eigenvalue weighted by Crippen LogP contribution is -2.27. The number of nitrogens with one attached hydrogen (secondary N) is 2. The van der Waals surface area contributed by atoms with Crippen LogP contribution in [0.4, 0.5) is 5.69 Å². The molecule has 2 N–H and O–H groups in total. The normalized spacial score (nSPS) is 10.4. The Labute approximate surface area is 140 Å². The van der Waals surface area contributed by atoms with Gasteiger partial charge in [-0.25, -0.2) is 0 Å². The summed E-state index contributed by atoms with van der Waals surface area (Å²) >= 11 is 6.03. The van der Waals surface area contributed by atoms with Crippen LogP contribution in [0.5, 0.6) is 0 Å². The van der Waals surface area contributed by atoms with Crippen LogP contribution in [0.25, 0.3) is 0 Å². The third-order valence-electron chi connectivity index (χ3n) is 3.18. The van der Waals surface area contributed by atoms with Crippen molar-refractivity contribution in [3.05, 3.63) is 64.7 Å². The highest BCUT2D eigenvalue weighted by molar-refractivity contribution is 6.33. The summed E-state index contributed by atoms with van der Waals surface area (Å²) in [5.74, 6) is -0.131. The van der Waals surface area contributed by atoms with Crippen molar-refractivity contribution in [2.45, 2.75) is 13.8 Å². The van der Waals surface area contributed by atoms with Crippen LogP contribution in [0, 0.1) is 5.92 Å². The maximum Gasteiger partial charge on any atom is 0.255 e. The van der Waals surface area contributed by atoms with Gasteiger partial charge in [0.1, 0.15) is 0 Å². The second-order valence-corrected chi connectivity index (χ2v) is 6.03. The first-order valence-corrected chi connectivity index (χ1v) is 7.79. The van der Waals surface area contributed by atoms with E-state index >= 15 is 0 Å². The Bertz CT molecular complexity index is 714. The average Bonchev–Trinajstić information content (AvgIpc) is 2.54. The van der Waals surface area contributed by atoms with Crippen molar-refractivity contribution in [3.8, 4) is 0 Å². The largest absolute Gasteiger partial charge is 0.352 e. The van der Waals surface area contributed by atoms with Gasteiger partial charge in [0.05, 0.1) is 10.7 Å². The molecule has 0 aliphatic carbocycles. The number of anilines is 1. The van der Waals surface area contributed by atoms with Gasteiger partial charge in [-0.05, 0) is 36.2 Å². The van der Waals surface area contributed by atoms with Gasteiger partial charge < -0.3 is 10.6 Å². The number of hydrogen-bond acceptors (Lipinski definition) is 2. The summed E-state index contributed by atoms with van der Waals surface area (Å²) in [5, 5.41) is 6.04. The van der Waals surface area contributed by atoms with Crippen LogP contribution in [-0.4, -0.2) is 18.4 Å². The van der Waals surface area contributed by atoms with E-state index in [1.807, 2.05) is 13.8 Å². The molecule has 0 spiro atoms. The highest BCUT2D eigenvalue weighted by Crippen LogP contribution is 2.21. The summed E-state index contributed by atoms with van der Waals surface area (Å²) in [6, 6.07) is 13.6. The van der Waals surface area contributed by atoms with Crippen molar-refractivity contribution in [1.82, 2.24) is 5.32 Å². The highest BCUT2D eigenvalue weighted by atomic mass is 35.5. The third kappa shape index (κ3) is 4.83. The molecule has 0 aliphatic heterocycles. The van der Waals surface area contributed by atoms with E-state index in [2.05, 4.69) is 10.6 Å². The first-order valence-electron chi connectivity index (χ1n) is 7.41. The topological polar surface area (TPSA) is 58.2 Å². The van der Waals surface area contributed by atoms with Gasteiger partial charge in [0.2, 0.25) is 0 Å². The maximum absolute atomic E-state index is 12.3. The number of hydrogen-bond donors (Lipinski definition) is 2. The molecule has 0 atom stereocenters. The molecule has 23 heavy (non-hydrogen) atoms. The summed E-state index contributed by atoms with van der Waals surface area (Å²) in [5.41, 5.74) is 1.40. The zero-order valence-electron chi connectivity index (χ0n) is 13.1. The van der Waals surface area contributed by atoms with Gasteiger partial charge in [-0.15, -0.1) is 0 Å². The number of benzene rings is 2. The van der Waals surface area contributed by atoms with Crippen LogP contribution >= 0.6 is 11.6 Å². The number of carbonyl (C=O) groups is 2. The fourth-order valence-corrected chi connectivity index (χ4v) is 2.14. The average molecular weight is 331 g/mol. The molecule has 0 aromatic heterocycles. The fourth-order valence-electron chi connectivity index (χ4n) is 1.96. The van der Waals surface area contributed by atoms with E-state index in [4.69, 9.17) is 11.6 Å². The lowest BCUT2D eigenvalue weighted by Gasteiger charge is -2.10. The molecule has 0 saturated carbocycles. The Morgan fingerprint density at radius 2 is 1.65 bits per heavy atom. The van der Waals surface area contributed by atoms with Gasteiger partial charge in [0.15, 0.2) is 0 Å². The molecule has 4 nitrogen and oxygen atoms in total. The molecule has 0 aliphatic rings. The monoisotopic (exact) mass is 330 g/mol. The summed E-state index contributed by atoms with van der Waals surface area (Å²) in [4.78, 5) is 24.4. The minimum atomic E-state index is -0.309. The molecule has 0 heterocycles. The minimum absolute atomic E-state index is 0.189. The van der Waals surface area contributed by atoms with E-state index in [1.54, 1.807) is 48.5 Å². The van der Waals surface area contributed by atoms with Crippen molar-refractivity contribution in [1.29, 1.82) is 0 Å². The van der Waals surface area contributed by atoms with Crippen molar-refractivity contribution < 1.29 is 9.59 Å². The second-order valence-electron chi connectivity index (χ2n) is 5.62. The molecule has 2 amide bonds. The maximum atomic E-state index is 12.3. The highest BCUT2D eigenvalue weighted by Gasteiger charge is 2.12. The quantitative estimate of drug-likeness (QED) is 0.871. The van der Waals surface area contributed by atoms with Crippen molar-refractivity contribution in [2.75, 3.05) is 11.9 Å². The molecule has 2 aromatic carbocycles. The Hall–Kier alpha value is -2.33. The first kappa shape index (κ1) is 17.0. The lowest BCUT2D eigenvalue weighted by molar-refractivity contribution is 0.0949. The van der Waals surface area contributed by atoms with Gasteiger partial charge in [-0.2, -0.15) is 0 Å². The van der Waals surface area contributed by atoms with Gasteiger partial charge in [-0.1, -0.05) is 43.6 Å². The summed E-state index contributed by atoms with van der Waals surface area (Å²) in [7, 11) is 0. The van der Waals surface area contributed by atoms with E-state index in [0.29, 0.717) is 34.3 Å². The van der Waals surface area contributed by atoms with E-state index in [0.717, 1.165) is 0 Å². The van der Waals surface area contributed by atoms with Gasteiger partial charge in [-0.3, -0.25) is 9.59 Å². The second kappa shape index (κ2) is 7.79. The lowest BCUT2D eigenvalue weighted by atomic mass is 10.1. The molecule has 0 saturated heterocycles. The molecule has 2 rings (SSSR count). The fraction of sp³-hybridized carbons (Fsp3) is 0.222. The molecular formula is C18H19ClN2O2. The van der Waals surface area contributed by atoms with Gasteiger partial charge in [0.25, 0.3) is 11.8 Å². The van der Waals surface area contributed by atoms with Crippen molar-refractivity contribution in [3.63, 3.8) is 0 Å². The number of carbonyl (C=O) groups excluding carboxylic acids is 2. The summed E-state index contributed by atoms with van der Waals surface area (Å²) in [6.45, 7) is 4.64. The van der Waals surface area contributed by atoms with Crippen LogP contribution in [0.15, 0.2) is 48.5 Å². The van der Waals surface area contributed by atoms with Gasteiger partial charge >= 0.3 is 0 Å². The van der Waals surface area contributed by atoms with Gasteiger partial charge in [0, 0.05) is 17.7 Å².